The summed E-state index contributed by atoms with van der Waals surface area (Å²) in [6, 6.07) is -0.531. The molecule has 1 aromatic heterocycles. The molecule has 0 radical (unpaired) electrons. The number of sulfonamides is 1. The van der Waals surface area contributed by atoms with E-state index in [1.165, 1.54) is 11.2 Å². The lowest BCUT2D eigenvalue weighted by Crippen LogP contribution is -2.42. The average Bonchev–Trinajstić information content (AvgIpc) is 2.68. The van der Waals surface area contributed by atoms with Crippen LogP contribution in [0.4, 0.5) is 0 Å². The average molecular weight is 317 g/mol. The number of aliphatic hydroxyl groups is 1. The summed E-state index contributed by atoms with van der Waals surface area (Å²) in [6.45, 7) is 1.44. The first-order valence-corrected chi connectivity index (χ1v) is 8.24. The Morgan fingerprint density at radius 2 is 2.14 bits per heavy atom. The molecule has 21 heavy (non-hydrogen) atoms. The van der Waals surface area contributed by atoms with E-state index in [-0.39, 0.29) is 24.4 Å². The summed E-state index contributed by atoms with van der Waals surface area (Å²) < 4.78 is 26.6. The largest absolute Gasteiger partial charge is 0.478 e. The van der Waals surface area contributed by atoms with Crippen molar-refractivity contribution in [2.75, 3.05) is 13.2 Å². The van der Waals surface area contributed by atoms with Gasteiger partial charge in [0, 0.05) is 18.3 Å². The van der Waals surface area contributed by atoms with E-state index in [0.717, 1.165) is 12.8 Å². The minimum Gasteiger partial charge on any atom is -0.478 e. The molecule has 1 aromatic rings. The first-order chi connectivity index (χ1) is 9.89. The third kappa shape index (κ3) is 2.94. The Hall–Kier alpha value is -1.45. The van der Waals surface area contributed by atoms with Crippen LogP contribution in [0.25, 0.3) is 0 Å². The van der Waals surface area contributed by atoms with Crippen molar-refractivity contribution in [2.24, 2.45) is 0 Å². The topological polar surface area (TPSA) is 124 Å². The van der Waals surface area contributed by atoms with Crippen molar-refractivity contribution in [3.8, 4) is 0 Å². The Kier molecular flexibility index (Phi) is 4.64. The summed E-state index contributed by atoms with van der Waals surface area (Å²) in [5.41, 5.74) is -0.146. The molecule has 0 saturated carbocycles. The van der Waals surface area contributed by atoms with Crippen LogP contribution in [-0.2, 0) is 10.0 Å². The molecule has 0 spiro atoms. The van der Waals surface area contributed by atoms with Gasteiger partial charge in [-0.3, -0.25) is 5.10 Å². The number of carbonyl (C=O) groups is 1. The first kappa shape index (κ1) is 15.9. The number of aromatic amines is 1. The predicted molar refractivity (Wildman–Crippen MR) is 73.5 cm³/mol. The second kappa shape index (κ2) is 6.12. The zero-order valence-corrected chi connectivity index (χ0v) is 12.6. The smallest absolute Gasteiger partial charge is 0.340 e. The van der Waals surface area contributed by atoms with E-state index in [1.54, 1.807) is 0 Å². The van der Waals surface area contributed by atoms with Crippen molar-refractivity contribution >= 4 is 16.0 Å². The standard InChI is InChI=1S/C12H19N3O5S/c1-8-10(12(17)18)11(14-13-8)21(19,20)15-6-4-2-3-5-9(15)7-16/h9,16H,2-7H2,1H3,(H,13,14)(H,17,18). The number of aryl methyl sites for hydroxylation is 1. The molecule has 9 heteroatoms. The zero-order chi connectivity index (χ0) is 15.6. The lowest BCUT2D eigenvalue weighted by molar-refractivity contribution is 0.0691. The van der Waals surface area contributed by atoms with Crippen LogP contribution in [-0.4, -0.2) is 58.3 Å². The third-order valence-corrected chi connectivity index (χ3v) is 5.60. The number of carboxylic acids is 1. The van der Waals surface area contributed by atoms with E-state index >= 15 is 0 Å². The highest BCUT2D eigenvalue weighted by Crippen LogP contribution is 2.26. The number of aliphatic hydroxyl groups excluding tert-OH is 1. The highest BCUT2D eigenvalue weighted by atomic mass is 32.2. The molecule has 0 bridgehead atoms. The Morgan fingerprint density at radius 1 is 1.43 bits per heavy atom. The van der Waals surface area contributed by atoms with Crippen LogP contribution in [0.2, 0.25) is 0 Å². The van der Waals surface area contributed by atoms with E-state index in [4.69, 9.17) is 0 Å². The van der Waals surface area contributed by atoms with E-state index in [1.807, 2.05) is 0 Å². The molecule has 0 aromatic carbocycles. The van der Waals surface area contributed by atoms with Crippen molar-refractivity contribution in [1.29, 1.82) is 0 Å². The molecule has 1 aliphatic rings. The van der Waals surface area contributed by atoms with Crippen molar-refractivity contribution < 1.29 is 23.4 Å². The van der Waals surface area contributed by atoms with E-state index < -0.39 is 27.1 Å². The Morgan fingerprint density at radius 3 is 2.76 bits per heavy atom. The molecule has 1 atom stereocenters. The summed E-state index contributed by atoms with van der Waals surface area (Å²) >= 11 is 0. The highest BCUT2D eigenvalue weighted by Gasteiger charge is 2.37. The van der Waals surface area contributed by atoms with Gasteiger partial charge in [0.2, 0.25) is 5.03 Å². The zero-order valence-electron chi connectivity index (χ0n) is 11.7. The van der Waals surface area contributed by atoms with Gasteiger partial charge in [0.1, 0.15) is 5.56 Å². The molecule has 0 amide bonds. The number of hydrogen-bond acceptors (Lipinski definition) is 5. The maximum Gasteiger partial charge on any atom is 0.340 e. The van der Waals surface area contributed by atoms with Gasteiger partial charge in [0.25, 0.3) is 10.0 Å². The van der Waals surface area contributed by atoms with Crippen LogP contribution in [0.15, 0.2) is 5.03 Å². The number of carboxylic acid groups (broad SMARTS) is 1. The van der Waals surface area contributed by atoms with Crippen molar-refractivity contribution in [3.05, 3.63) is 11.3 Å². The second-order valence-corrected chi connectivity index (χ2v) is 6.94. The fourth-order valence-corrected chi connectivity index (χ4v) is 4.42. The van der Waals surface area contributed by atoms with Crippen LogP contribution < -0.4 is 0 Å². The van der Waals surface area contributed by atoms with Gasteiger partial charge >= 0.3 is 5.97 Å². The molecule has 118 valence electrons. The van der Waals surface area contributed by atoms with E-state index in [0.29, 0.717) is 12.8 Å². The molecule has 8 nitrogen and oxygen atoms in total. The van der Waals surface area contributed by atoms with Gasteiger partial charge in [-0.15, -0.1) is 0 Å². The first-order valence-electron chi connectivity index (χ1n) is 6.80. The summed E-state index contributed by atoms with van der Waals surface area (Å²) in [6.07, 6.45) is 2.96. The predicted octanol–water partition coefficient (Wildman–Crippen LogP) is 0.342. The van der Waals surface area contributed by atoms with Gasteiger partial charge in [-0.25, -0.2) is 13.2 Å². The van der Waals surface area contributed by atoms with Gasteiger partial charge in [0.05, 0.1) is 6.61 Å². The fraction of sp³-hybridized carbons (Fsp3) is 0.667. The molecule has 1 saturated heterocycles. The Bertz CT molecular complexity index is 625. The minimum atomic E-state index is -4.05. The van der Waals surface area contributed by atoms with Crippen molar-refractivity contribution in [2.45, 2.75) is 43.7 Å². The number of aromatic carboxylic acids is 1. The summed E-state index contributed by atoms with van der Waals surface area (Å²) in [7, 11) is -4.05. The molecule has 2 heterocycles. The quantitative estimate of drug-likeness (QED) is 0.736. The van der Waals surface area contributed by atoms with Gasteiger partial charge in [-0.2, -0.15) is 9.40 Å². The highest BCUT2D eigenvalue weighted by molar-refractivity contribution is 7.89. The van der Waals surface area contributed by atoms with Crippen LogP contribution in [0.5, 0.6) is 0 Å². The molecule has 1 aliphatic heterocycles. The third-order valence-electron chi connectivity index (χ3n) is 3.71. The number of nitrogens with one attached hydrogen (secondary N) is 1. The Balaban J connectivity index is 2.47. The lowest BCUT2D eigenvalue weighted by Gasteiger charge is -2.26. The number of H-pyrrole nitrogens is 1. The molecule has 1 unspecified atom stereocenters. The number of hydrogen-bond donors (Lipinski definition) is 3. The SMILES string of the molecule is Cc1[nH]nc(S(=O)(=O)N2CCCCCC2CO)c1C(=O)O. The number of rotatable bonds is 4. The molecular formula is C12H19N3O5S. The van der Waals surface area contributed by atoms with Crippen LogP contribution in [0.1, 0.15) is 41.7 Å². The van der Waals surface area contributed by atoms with E-state index in [9.17, 15) is 23.4 Å². The summed E-state index contributed by atoms with van der Waals surface area (Å²) in [4.78, 5) is 11.3. The maximum atomic E-state index is 12.7. The molecule has 1 fully saturated rings. The second-order valence-electron chi connectivity index (χ2n) is 5.14. The van der Waals surface area contributed by atoms with Crippen molar-refractivity contribution in [1.82, 2.24) is 14.5 Å². The molecule has 3 N–H and O–H groups in total. The van der Waals surface area contributed by atoms with Gasteiger partial charge < -0.3 is 10.2 Å². The fourth-order valence-electron chi connectivity index (χ4n) is 2.61. The maximum absolute atomic E-state index is 12.7. The number of aromatic nitrogens is 2. The van der Waals surface area contributed by atoms with Gasteiger partial charge in [0.15, 0.2) is 0 Å². The number of nitrogens with zero attached hydrogens (tertiary/aromatic N) is 2. The van der Waals surface area contributed by atoms with Crippen LogP contribution >= 0.6 is 0 Å². The lowest BCUT2D eigenvalue weighted by atomic mass is 10.1. The van der Waals surface area contributed by atoms with Gasteiger partial charge in [-0.1, -0.05) is 12.8 Å². The monoisotopic (exact) mass is 317 g/mol. The minimum absolute atomic E-state index is 0.191. The Labute approximate surface area is 122 Å². The molecule has 0 aliphatic carbocycles. The van der Waals surface area contributed by atoms with Gasteiger partial charge in [-0.05, 0) is 19.8 Å². The normalized spacial score (nSPS) is 21.1. The molecule has 2 rings (SSSR count). The summed E-state index contributed by atoms with van der Waals surface area (Å²) in [5.74, 6) is -1.34. The van der Waals surface area contributed by atoms with Crippen molar-refractivity contribution in [3.63, 3.8) is 0 Å². The molecular weight excluding hydrogens is 298 g/mol. The van der Waals surface area contributed by atoms with Crippen LogP contribution in [0, 0.1) is 6.92 Å². The van der Waals surface area contributed by atoms with Crippen LogP contribution in [0.3, 0.4) is 0 Å². The van der Waals surface area contributed by atoms with E-state index in [2.05, 4.69) is 10.2 Å². The summed E-state index contributed by atoms with van der Waals surface area (Å²) in [5, 5.41) is 24.2.